The molecule has 26 heavy (non-hydrogen) atoms. The summed E-state index contributed by atoms with van der Waals surface area (Å²) >= 11 is 0. The molecule has 3 heterocycles. The Kier molecular flexibility index (Phi) is 3.57. The molecule has 0 aliphatic carbocycles. The fourth-order valence-corrected chi connectivity index (χ4v) is 3.41. The Morgan fingerprint density at radius 3 is 2.50 bits per heavy atom. The van der Waals surface area contributed by atoms with Gasteiger partial charge in [0.2, 0.25) is 11.8 Å². The molecule has 4 rings (SSSR count). The lowest BCUT2D eigenvalue weighted by atomic mass is 9.78. The molecule has 1 aromatic heterocycles. The average molecular weight is 354 g/mol. The third kappa shape index (κ3) is 2.38. The molecule has 0 spiro atoms. The highest BCUT2D eigenvalue weighted by atomic mass is 16.5. The number of benzene rings is 1. The maximum atomic E-state index is 6.28. The fraction of sp³-hybridized carbons (Fsp3) is 0.421. The van der Waals surface area contributed by atoms with Crippen molar-refractivity contribution in [2.75, 3.05) is 14.2 Å². The van der Waals surface area contributed by atoms with Gasteiger partial charge < -0.3 is 19.6 Å². The van der Waals surface area contributed by atoms with Crippen LogP contribution in [-0.4, -0.2) is 30.9 Å². The van der Waals surface area contributed by atoms with Crippen LogP contribution in [0.3, 0.4) is 0 Å². The number of fused-ring (bicyclic) bond motifs is 5. The summed E-state index contributed by atoms with van der Waals surface area (Å²) in [7, 11) is 3.22. The first-order valence-corrected chi connectivity index (χ1v) is 8.49. The fourth-order valence-electron chi connectivity index (χ4n) is 3.41. The molecular weight excluding hydrogens is 332 g/mol. The molecule has 1 aromatic carbocycles. The smallest absolute Gasteiger partial charge is 0.245 e. The summed E-state index contributed by atoms with van der Waals surface area (Å²) in [5.74, 6) is 2.31. The Bertz CT molecular complexity index is 937. The minimum Gasteiger partial charge on any atom is -0.497 e. The Morgan fingerprint density at radius 2 is 1.85 bits per heavy atom. The lowest BCUT2D eigenvalue weighted by Crippen LogP contribution is -2.40. The minimum absolute atomic E-state index is 0.157. The van der Waals surface area contributed by atoms with Crippen molar-refractivity contribution in [2.24, 2.45) is 21.6 Å². The van der Waals surface area contributed by atoms with Gasteiger partial charge in [0.1, 0.15) is 23.2 Å². The van der Waals surface area contributed by atoms with Gasteiger partial charge in [-0.25, -0.2) is 9.98 Å². The van der Waals surface area contributed by atoms with E-state index in [-0.39, 0.29) is 17.3 Å². The number of amidine groups is 1. The molecule has 2 unspecified atom stereocenters. The zero-order valence-corrected chi connectivity index (χ0v) is 15.5. The van der Waals surface area contributed by atoms with Crippen molar-refractivity contribution in [1.29, 1.82) is 0 Å². The normalized spacial score (nSPS) is 21.1. The van der Waals surface area contributed by atoms with Crippen LogP contribution in [0.2, 0.25) is 0 Å². The number of aromatic nitrogens is 1. The van der Waals surface area contributed by atoms with E-state index in [9.17, 15) is 0 Å². The molecule has 2 aliphatic rings. The molecule has 2 atom stereocenters. The average Bonchev–Trinajstić information content (AvgIpc) is 3.04. The molecule has 2 N–H and O–H groups in total. The second kappa shape index (κ2) is 5.59. The number of oxazole rings is 1. The molecule has 7 nitrogen and oxygen atoms in total. The maximum absolute atomic E-state index is 6.28. The van der Waals surface area contributed by atoms with Crippen LogP contribution >= 0.6 is 0 Å². The van der Waals surface area contributed by atoms with Crippen molar-refractivity contribution < 1.29 is 13.9 Å². The van der Waals surface area contributed by atoms with Crippen LogP contribution in [0.15, 0.2) is 32.6 Å². The topological polar surface area (TPSA) is 95.2 Å². The molecule has 136 valence electrons. The molecule has 0 amide bonds. The molecular formula is C19H22N4O3. The third-order valence-electron chi connectivity index (χ3n) is 4.73. The Hall–Kier alpha value is -2.83. The van der Waals surface area contributed by atoms with E-state index in [1.54, 1.807) is 14.2 Å². The van der Waals surface area contributed by atoms with Gasteiger partial charge in [0.05, 0.1) is 25.8 Å². The number of hydrogen-bond acceptors (Lipinski definition) is 7. The SMILES string of the molecule is COC1=Nc2cc(OC)ccc2C2c3nc(C(C)(C)C)oc3N=C(N)C12. The van der Waals surface area contributed by atoms with Crippen LogP contribution in [0.25, 0.3) is 0 Å². The summed E-state index contributed by atoms with van der Waals surface area (Å²) in [6.45, 7) is 6.16. The number of hydrogen-bond donors (Lipinski definition) is 1. The van der Waals surface area contributed by atoms with E-state index < -0.39 is 0 Å². The number of rotatable bonds is 1. The van der Waals surface area contributed by atoms with Gasteiger partial charge >= 0.3 is 0 Å². The van der Waals surface area contributed by atoms with E-state index in [0.29, 0.717) is 23.5 Å². The number of ether oxygens (including phenoxy) is 2. The number of methoxy groups -OCH3 is 2. The first-order chi connectivity index (χ1) is 12.3. The van der Waals surface area contributed by atoms with Gasteiger partial charge in [0, 0.05) is 11.5 Å². The molecule has 0 saturated heterocycles. The van der Waals surface area contributed by atoms with Crippen molar-refractivity contribution in [1.82, 2.24) is 4.98 Å². The first-order valence-electron chi connectivity index (χ1n) is 8.49. The Morgan fingerprint density at radius 1 is 1.08 bits per heavy atom. The van der Waals surface area contributed by atoms with Gasteiger partial charge in [-0.2, -0.15) is 4.99 Å². The van der Waals surface area contributed by atoms with Crippen molar-refractivity contribution in [3.63, 3.8) is 0 Å². The number of nitrogens with zero attached hydrogens (tertiary/aromatic N) is 3. The van der Waals surface area contributed by atoms with Gasteiger partial charge in [-0.3, -0.25) is 0 Å². The van der Waals surface area contributed by atoms with Crippen LogP contribution in [-0.2, 0) is 10.2 Å². The highest BCUT2D eigenvalue weighted by Gasteiger charge is 2.45. The van der Waals surface area contributed by atoms with Gasteiger partial charge in [-0.15, -0.1) is 0 Å². The summed E-state index contributed by atoms with van der Waals surface area (Å²) in [6, 6.07) is 5.79. The quantitative estimate of drug-likeness (QED) is 0.846. The zero-order chi connectivity index (χ0) is 18.6. The van der Waals surface area contributed by atoms with Crippen molar-refractivity contribution in [2.45, 2.75) is 32.1 Å². The summed E-state index contributed by atoms with van der Waals surface area (Å²) in [4.78, 5) is 13.9. The summed E-state index contributed by atoms with van der Waals surface area (Å²) in [6.07, 6.45) is 0. The van der Waals surface area contributed by atoms with Crippen molar-refractivity contribution in [3.05, 3.63) is 35.3 Å². The second-order valence-corrected chi connectivity index (χ2v) is 7.53. The summed E-state index contributed by atoms with van der Waals surface area (Å²) in [5, 5.41) is 0. The summed E-state index contributed by atoms with van der Waals surface area (Å²) < 4.78 is 16.8. The molecule has 0 radical (unpaired) electrons. The third-order valence-corrected chi connectivity index (χ3v) is 4.73. The monoisotopic (exact) mass is 354 g/mol. The van der Waals surface area contributed by atoms with E-state index in [1.807, 2.05) is 18.2 Å². The summed E-state index contributed by atoms with van der Waals surface area (Å²) in [5.41, 5.74) is 8.60. The van der Waals surface area contributed by atoms with E-state index in [4.69, 9.17) is 24.6 Å². The molecule has 0 bridgehead atoms. The second-order valence-electron chi connectivity index (χ2n) is 7.53. The van der Waals surface area contributed by atoms with Gasteiger partial charge in [-0.1, -0.05) is 26.8 Å². The van der Waals surface area contributed by atoms with E-state index in [2.05, 4.69) is 30.8 Å². The number of aliphatic imine (C=N–C) groups is 2. The molecule has 2 aromatic rings. The van der Waals surface area contributed by atoms with Gasteiger partial charge in [0.15, 0.2) is 5.90 Å². The first kappa shape index (κ1) is 16.6. The van der Waals surface area contributed by atoms with Gasteiger partial charge in [-0.05, 0) is 11.6 Å². The lowest BCUT2D eigenvalue weighted by molar-refractivity contribution is 0.370. The highest BCUT2D eigenvalue weighted by molar-refractivity contribution is 6.07. The Balaban J connectivity index is 1.95. The predicted molar refractivity (Wildman–Crippen MR) is 98.9 cm³/mol. The Labute approximate surface area is 151 Å². The molecule has 7 heteroatoms. The van der Waals surface area contributed by atoms with Crippen molar-refractivity contribution in [3.8, 4) is 5.75 Å². The minimum atomic E-state index is -0.300. The van der Waals surface area contributed by atoms with Crippen molar-refractivity contribution >= 4 is 23.3 Å². The van der Waals surface area contributed by atoms with Crippen LogP contribution in [0.1, 0.15) is 43.8 Å². The van der Waals surface area contributed by atoms with E-state index in [0.717, 1.165) is 22.7 Å². The number of nitrogens with two attached hydrogens (primary N) is 1. The van der Waals surface area contributed by atoms with E-state index >= 15 is 0 Å². The van der Waals surface area contributed by atoms with Crippen LogP contribution < -0.4 is 10.5 Å². The predicted octanol–water partition coefficient (Wildman–Crippen LogP) is 3.42. The largest absolute Gasteiger partial charge is 0.497 e. The standard InChI is InChI=1S/C19H22N4O3/c1-19(2,3)18-22-14-12-10-7-6-9(24-4)8-11(10)21-16(25-5)13(12)15(20)23-17(14)26-18/h6-8,12-13H,1-5H3,(H2,20,23). The molecule has 0 saturated carbocycles. The molecule has 0 fully saturated rings. The molecule has 2 aliphatic heterocycles. The van der Waals surface area contributed by atoms with Crippen LogP contribution in [0, 0.1) is 5.92 Å². The van der Waals surface area contributed by atoms with E-state index in [1.165, 1.54) is 0 Å². The maximum Gasteiger partial charge on any atom is 0.245 e. The zero-order valence-electron chi connectivity index (χ0n) is 15.5. The lowest BCUT2D eigenvalue weighted by Gasteiger charge is -2.32. The van der Waals surface area contributed by atoms with Crippen LogP contribution in [0.4, 0.5) is 11.6 Å². The highest BCUT2D eigenvalue weighted by Crippen LogP contribution is 2.49. The van der Waals surface area contributed by atoms with Gasteiger partial charge in [0.25, 0.3) is 0 Å². The van der Waals surface area contributed by atoms with Crippen LogP contribution in [0.5, 0.6) is 5.75 Å².